The molecule has 2 aromatic carbocycles. The van der Waals surface area contributed by atoms with Gasteiger partial charge in [0.2, 0.25) is 0 Å². The molecule has 0 aliphatic carbocycles. The third kappa shape index (κ3) is 2.40. The molecule has 6 heteroatoms. The lowest BCUT2D eigenvalue weighted by Gasteiger charge is -2.03. The summed E-state index contributed by atoms with van der Waals surface area (Å²) in [5.41, 5.74) is 7.58. The minimum Gasteiger partial charge on any atom is -0.423 e. The van der Waals surface area contributed by atoms with Crippen molar-refractivity contribution in [1.29, 1.82) is 0 Å². The highest BCUT2D eigenvalue weighted by molar-refractivity contribution is 5.78. The molecule has 1 heterocycles. The SMILES string of the molecule is Nc1ccc2nc(NCc3cc(F)ccc3F)oc2c1. The van der Waals surface area contributed by atoms with Crippen LogP contribution in [0.25, 0.3) is 11.1 Å². The van der Waals surface area contributed by atoms with E-state index in [1.54, 1.807) is 18.2 Å². The lowest BCUT2D eigenvalue weighted by molar-refractivity contribution is 0.582. The van der Waals surface area contributed by atoms with E-state index in [1.165, 1.54) is 0 Å². The number of anilines is 2. The molecule has 3 aromatic rings. The maximum atomic E-state index is 13.5. The Labute approximate surface area is 113 Å². The van der Waals surface area contributed by atoms with Gasteiger partial charge in [-0.15, -0.1) is 0 Å². The Morgan fingerprint density at radius 2 is 2.00 bits per heavy atom. The van der Waals surface area contributed by atoms with Crippen molar-refractivity contribution in [2.24, 2.45) is 0 Å². The van der Waals surface area contributed by atoms with E-state index in [4.69, 9.17) is 10.2 Å². The van der Waals surface area contributed by atoms with Crippen molar-refractivity contribution < 1.29 is 13.2 Å². The number of hydrogen-bond acceptors (Lipinski definition) is 4. The van der Waals surface area contributed by atoms with Gasteiger partial charge in [0.25, 0.3) is 6.01 Å². The van der Waals surface area contributed by atoms with Gasteiger partial charge in [-0.05, 0) is 30.3 Å². The van der Waals surface area contributed by atoms with Crippen molar-refractivity contribution in [2.45, 2.75) is 6.54 Å². The van der Waals surface area contributed by atoms with Crippen LogP contribution in [-0.4, -0.2) is 4.98 Å². The van der Waals surface area contributed by atoms with Crippen LogP contribution in [0.5, 0.6) is 0 Å². The second kappa shape index (κ2) is 4.80. The second-order valence-corrected chi connectivity index (χ2v) is 4.34. The van der Waals surface area contributed by atoms with Gasteiger partial charge in [0.05, 0.1) is 0 Å². The maximum Gasteiger partial charge on any atom is 0.295 e. The molecular weight excluding hydrogens is 264 g/mol. The summed E-state index contributed by atoms with van der Waals surface area (Å²) in [5, 5.41) is 2.81. The number of aromatic nitrogens is 1. The van der Waals surface area contributed by atoms with Crippen LogP contribution in [0.2, 0.25) is 0 Å². The first-order chi connectivity index (χ1) is 9.61. The molecule has 0 aliphatic heterocycles. The Morgan fingerprint density at radius 1 is 1.15 bits per heavy atom. The summed E-state index contributed by atoms with van der Waals surface area (Å²) in [6.07, 6.45) is 0. The summed E-state index contributed by atoms with van der Waals surface area (Å²) in [5.74, 6) is -0.979. The Kier molecular flexibility index (Phi) is 2.98. The molecule has 20 heavy (non-hydrogen) atoms. The predicted molar refractivity (Wildman–Crippen MR) is 72.1 cm³/mol. The number of benzene rings is 2. The lowest BCUT2D eigenvalue weighted by atomic mass is 10.2. The van der Waals surface area contributed by atoms with E-state index in [0.29, 0.717) is 16.8 Å². The topological polar surface area (TPSA) is 64.1 Å². The van der Waals surface area contributed by atoms with Crippen LogP contribution in [0.1, 0.15) is 5.56 Å². The molecule has 4 nitrogen and oxygen atoms in total. The monoisotopic (exact) mass is 275 g/mol. The second-order valence-electron chi connectivity index (χ2n) is 4.34. The first kappa shape index (κ1) is 12.4. The van der Waals surface area contributed by atoms with Crippen LogP contribution in [0, 0.1) is 11.6 Å². The molecule has 3 rings (SSSR count). The van der Waals surface area contributed by atoms with Gasteiger partial charge < -0.3 is 15.5 Å². The van der Waals surface area contributed by atoms with Gasteiger partial charge in [0.15, 0.2) is 5.58 Å². The average molecular weight is 275 g/mol. The molecule has 0 saturated carbocycles. The standard InChI is InChI=1S/C14H11F2N3O/c15-9-1-3-11(16)8(5-9)7-18-14-19-12-4-2-10(17)6-13(12)20-14/h1-6H,7,17H2,(H,18,19). The molecule has 0 spiro atoms. The van der Waals surface area contributed by atoms with Crippen molar-refractivity contribution in [2.75, 3.05) is 11.1 Å². The quantitative estimate of drug-likeness (QED) is 0.720. The number of fused-ring (bicyclic) bond motifs is 1. The number of oxazole rings is 1. The fourth-order valence-corrected chi connectivity index (χ4v) is 1.87. The molecule has 0 atom stereocenters. The van der Waals surface area contributed by atoms with Crippen molar-refractivity contribution >= 4 is 22.8 Å². The third-order valence-corrected chi connectivity index (χ3v) is 2.85. The van der Waals surface area contributed by atoms with E-state index in [0.717, 1.165) is 18.2 Å². The Hall–Kier alpha value is -2.63. The number of halogens is 2. The van der Waals surface area contributed by atoms with E-state index in [1.807, 2.05) is 0 Å². The lowest BCUT2D eigenvalue weighted by Crippen LogP contribution is -2.02. The molecule has 0 fully saturated rings. The van der Waals surface area contributed by atoms with Crippen molar-refractivity contribution in [1.82, 2.24) is 4.98 Å². The van der Waals surface area contributed by atoms with Gasteiger partial charge in [-0.25, -0.2) is 8.78 Å². The first-order valence-electron chi connectivity index (χ1n) is 5.96. The van der Waals surface area contributed by atoms with Gasteiger partial charge in [-0.2, -0.15) is 4.98 Å². The summed E-state index contributed by atoms with van der Waals surface area (Å²) in [4.78, 5) is 4.17. The Bertz CT molecular complexity index is 770. The van der Waals surface area contributed by atoms with Gasteiger partial charge in [-0.3, -0.25) is 0 Å². The Balaban J connectivity index is 1.81. The number of nitrogens with two attached hydrogens (primary N) is 1. The average Bonchev–Trinajstić information content (AvgIpc) is 2.81. The number of rotatable bonds is 3. The summed E-state index contributed by atoms with van der Waals surface area (Å²) in [6, 6.07) is 8.59. The van der Waals surface area contributed by atoms with E-state index >= 15 is 0 Å². The summed E-state index contributed by atoms with van der Waals surface area (Å²) >= 11 is 0. The molecule has 0 amide bonds. The fraction of sp³-hybridized carbons (Fsp3) is 0.0714. The van der Waals surface area contributed by atoms with Crippen LogP contribution in [0.4, 0.5) is 20.5 Å². The van der Waals surface area contributed by atoms with Gasteiger partial charge in [0, 0.05) is 23.9 Å². The number of nitrogen functional groups attached to an aromatic ring is 1. The smallest absolute Gasteiger partial charge is 0.295 e. The van der Waals surface area contributed by atoms with Crippen LogP contribution in [-0.2, 0) is 6.54 Å². The number of nitrogens with zero attached hydrogens (tertiary/aromatic N) is 1. The zero-order valence-corrected chi connectivity index (χ0v) is 10.4. The Morgan fingerprint density at radius 3 is 2.85 bits per heavy atom. The fourth-order valence-electron chi connectivity index (χ4n) is 1.87. The van der Waals surface area contributed by atoms with E-state index in [2.05, 4.69) is 10.3 Å². The molecular formula is C14H11F2N3O. The molecule has 0 aliphatic rings. The summed E-state index contributed by atoms with van der Waals surface area (Å²) in [7, 11) is 0. The normalized spacial score (nSPS) is 10.9. The van der Waals surface area contributed by atoms with E-state index in [9.17, 15) is 8.78 Å². The van der Waals surface area contributed by atoms with Crippen LogP contribution in [0.15, 0.2) is 40.8 Å². The summed E-state index contributed by atoms with van der Waals surface area (Å²) in [6.45, 7) is 0.0753. The predicted octanol–water partition coefficient (Wildman–Crippen LogP) is 3.30. The molecule has 0 saturated heterocycles. The molecule has 0 radical (unpaired) electrons. The minimum atomic E-state index is -0.492. The van der Waals surface area contributed by atoms with Crippen molar-refractivity contribution in [3.05, 3.63) is 53.6 Å². The molecule has 1 aromatic heterocycles. The minimum absolute atomic E-state index is 0.0753. The largest absolute Gasteiger partial charge is 0.423 e. The molecule has 0 bridgehead atoms. The third-order valence-electron chi connectivity index (χ3n) is 2.85. The first-order valence-corrected chi connectivity index (χ1v) is 5.96. The van der Waals surface area contributed by atoms with Gasteiger partial charge in [-0.1, -0.05) is 0 Å². The van der Waals surface area contributed by atoms with Crippen LogP contribution >= 0.6 is 0 Å². The zero-order valence-electron chi connectivity index (χ0n) is 10.4. The van der Waals surface area contributed by atoms with Gasteiger partial charge in [0.1, 0.15) is 17.2 Å². The van der Waals surface area contributed by atoms with Crippen LogP contribution < -0.4 is 11.1 Å². The van der Waals surface area contributed by atoms with Crippen molar-refractivity contribution in [3.8, 4) is 0 Å². The van der Waals surface area contributed by atoms with Crippen molar-refractivity contribution in [3.63, 3.8) is 0 Å². The highest BCUT2D eigenvalue weighted by atomic mass is 19.1. The molecule has 102 valence electrons. The number of nitrogens with one attached hydrogen (secondary N) is 1. The van der Waals surface area contributed by atoms with Crippen LogP contribution in [0.3, 0.4) is 0 Å². The number of hydrogen-bond donors (Lipinski definition) is 2. The summed E-state index contributed by atoms with van der Waals surface area (Å²) < 4.78 is 31.9. The highest BCUT2D eigenvalue weighted by Gasteiger charge is 2.08. The zero-order chi connectivity index (χ0) is 14.1. The molecule has 3 N–H and O–H groups in total. The van der Waals surface area contributed by atoms with E-state index < -0.39 is 11.6 Å². The highest BCUT2D eigenvalue weighted by Crippen LogP contribution is 2.21. The van der Waals surface area contributed by atoms with E-state index in [-0.39, 0.29) is 18.1 Å². The molecule has 0 unspecified atom stereocenters. The maximum absolute atomic E-state index is 13.5. The van der Waals surface area contributed by atoms with Gasteiger partial charge >= 0.3 is 0 Å².